The molecule has 0 N–H and O–H groups in total. The molecule has 0 aliphatic rings. The summed E-state index contributed by atoms with van der Waals surface area (Å²) in [7, 11) is -3.09. The van der Waals surface area contributed by atoms with Gasteiger partial charge >= 0.3 is 0 Å². The summed E-state index contributed by atoms with van der Waals surface area (Å²) >= 11 is 11.7. The number of hydrogen-bond acceptors (Lipinski definition) is 3. The van der Waals surface area contributed by atoms with Crippen molar-refractivity contribution in [1.29, 1.82) is 0 Å². The standard InChI is InChI=1S/C11H14Cl2O3S/c1-8(2)17(14,15)6-5-16-11-7-9(12)3-4-10(11)13/h3-4,7-8H,5-6H2,1-2H3. The second kappa shape index (κ2) is 5.94. The topological polar surface area (TPSA) is 43.4 Å². The molecule has 0 saturated heterocycles. The molecule has 3 nitrogen and oxygen atoms in total. The fourth-order valence-corrected chi connectivity index (χ4v) is 2.21. The summed E-state index contributed by atoms with van der Waals surface area (Å²) in [5.41, 5.74) is 0. The first-order chi connectivity index (χ1) is 7.83. The van der Waals surface area contributed by atoms with E-state index in [0.29, 0.717) is 15.8 Å². The summed E-state index contributed by atoms with van der Waals surface area (Å²) in [5, 5.41) is 0.508. The summed E-state index contributed by atoms with van der Waals surface area (Å²) in [5.74, 6) is 0.367. The molecule has 0 heterocycles. The van der Waals surface area contributed by atoms with Crippen LogP contribution in [-0.4, -0.2) is 26.0 Å². The zero-order chi connectivity index (χ0) is 13.1. The van der Waals surface area contributed by atoms with E-state index in [0.717, 1.165) is 0 Å². The zero-order valence-corrected chi connectivity index (χ0v) is 11.9. The molecule has 0 aliphatic heterocycles. The van der Waals surface area contributed by atoms with Crippen molar-refractivity contribution in [3.63, 3.8) is 0 Å². The molecule has 0 atom stereocenters. The van der Waals surface area contributed by atoms with Gasteiger partial charge in [-0.3, -0.25) is 0 Å². The van der Waals surface area contributed by atoms with Gasteiger partial charge < -0.3 is 4.74 Å². The lowest BCUT2D eigenvalue weighted by Crippen LogP contribution is -2.22. The minimum atomic E-state index is -3.09. The maximum absolute atomic E-state index is 11.5. The SMILES string of the molecule is CC(C)S(=O)(=O)CCOc1cc(Cl)ccc1Cl. The molecule has 1 aromatic carbocycles. The fourth-order valence-electron chi connectivity index (χ4n) is 1.09. The monoisotopic (exact) mass is 296 g/mol. The van der Waals surface area contributed by atoms with Crippen molar-refractivity contribution in [2.45, 2.75) is 19.1 Å². The molecule has 0 amide bonds. The van der Waals surface area contributed by atoms with E-state index in [2.05, 4.69) is 0 Å². The Morgan fingerprint density at radius 3 is 2.53 bits per heavy atom. The van der Waals surface area contributed by atoms with Gasteiger partial charge in [0.25, 0.3) is 0 Å². The molecule has 0 unspecified atom stereocenters. The van der Waals surface area contributed by atoms with Crippen LogP contribution in [0.2, 0.25) is 10.0 Å². The normalized spacial score (nSPS) is 11.8. The van der Waals surface area contributed by atoms with Gasteiger partial charge in [0.1, 0.15) is 12.4 Å². The molecule has 0 aliphatic carbocycles. The Kier molecular flexibility index (Phi) is 5.10. The number of rotatable bonds is 5. The van der Waals surface area contributed by atoms with Crippen molar-refractivity contribution in [2.75, 3.05) is 12.4 Å². The molecule has 17 heavy (non-hydrogen) atoms. The fraction of sp³-hybridized carbons (Fsp3) is 0.455. The molecule has 0 bridgehead atoms. The average Bonchev–Trinajstić information content (AvgIpc) is 2.22. The third kappa shape index (κ3) is 4.37. The Bertz CT molecular complexity index is 483. The van der Waals surface area contributed by atoms with Gasteiger partial charge in [0.2, 0.25) is 0 Å². The van der Waals surface area contributed by atoms with Crippen molar-refractivity contribution in [3.8, 4) is 5.75 Å². The van der Waals surface area contributed by atoms with E-state index in [1.54, 1.807) is 32.0 Å². The van der Waals surface area contributed by atoms with Crippen LogP contribution in [0.5, 0.6) is 5.75 Å². The molecule has 96 valence electrons. The lowest BCUT2D eigenvalue weighted by molar-refractivity contribution is 0.341. The van der Waals surface area contributed by atoms with Crippen LogP contribution in [0.15, 0.2) is 18.2 Å². The van der Waals surface area contributed by atoms with Gasteiger partial charge in [0.15, 0.2) is 9.84 Å². The predicted octanol–water partition coefficient (Wildman–Crippen LogP) is 3.20. The van der Waals surface area contributed by atoms with Crippen LogP contribution in [0, 0.1) is 0 Å². The Labute approximate surface area is 112 Å². The maximum Gasteiger partial charge on any atom is 0.155 e. The first kappa shape index (κ1) is 14.6. The van der Waals surface area contributed by atoms with Gasteiger partial charge in [-0.1, -0.05) is 23.2 Å². The van der Waals surface area contributed by atoms with Crippen LogP contribution in [0.1, 0.15) is 13.8 Å². The third-order valence-electron chi connectivity index (χ3n) is 2.24. The quantitative estimate of drug-likeness (QED) is 0.838. The third-order valence-corrected chi connectivity index (χ3v) is 4.96. The molecule has 0 aromatic heterocycles. The van der Waals surface area contributed by atoms with Crippen LogP contribution in [0.3, 0.4) is 0 Å². The lowest BCUT2D eigenvalue weighted by atomic mass is 10.3. The Balaban J connectivity index is 2.60. The van der Waals surface area contributed by atoms with E-state index < -0.39 is 15.1 Å². The van der Waals surface area contributed by atoms with Gasteiger partial charge in [0.05, 0.1) is 16.0 Å². The second-order valence-corrected chi connectivity index (χ2v) is 7.36. The van der Waals surface area contributed by atoms with E-state index >= 15 is 0 Å². The Hall–Kier alpha value is -0.450. The highest BCUT2D eigenvalue weighted by atomic mass is 35.5. The van der Waals surface area contributed by atoms with E-state index in [1.165, 1.54) is 0 Å². The second-order valence-electron chi connectivity index (χ2n) is 3.84. The predicted molar refractivity (Wildman–Crippen MR) is 70.9 cm³/mol. The number of ether oxygens (including phenoxy) is 1. The molecule has 1 aromatic rings. The zero-order valence-electron chi connectivity index (χ0n) is 9.61. The van der Waals surface area contributed by atoms with E-state index in [9.17, 15) is 8.42 Å². The summed E-state index contributed by atoms with van der Waals surface area (Å²) in [6.07, 6.45) is 0. The number of halogens is 2. The van der Waals surface area contributed by atoms with Crippen molar-refractivity contribution in [2.24, 2.45) is 0 Å². The molecule has 0 radical (unpaired) electrons. The maximum atomic E-state index is 11.5. The Morgan fingerprint density at radius 1 is 1.29 bits per heavy atom. The van der Waals surface area contributed by atoms with Crippen LogP contribution >= 0.6 is 23.2 Å². The highest BCUT2D eigenvalue weighted by Crippen LogP contribution is 2.27. The minimum absolute atomic E-state index is 0.0342. The van der Waals surface area contributed by atoms with Crippen molar-refractivity contribution >= 4 is 33.0 Å². The molecular formula is C11H14Cl2O3S. The van der Waals surface area contributed by atoms with Crippen molar-refractivity contribution in [3.05, 3.63) is 28.2 Å². The number of hydrogen-bond donors (Lipinski definition) is 0. The van der Waals surface area contributed by atoms with Crippen LogP contribution in [-0.2, 0) is 9.84 Å². The lowest BCUT2D eigenvalue weighted by Gasteiger charge is -2.10. The highest BCUT2D eigenvalue weighted by molar-refractivity contribution is 7.91. The average molecular weight is 297 g/mol. The first-order valence-electron chi connectivity index (χ1n) is 5.12. The number of sulfone groups is 1. The summed E-state index contributed by atoms with van der Waals surface area (Å²) in [6, 6.07) is 4.81. The molecular weight excluding hydrogens is 283 g/mol. The minimum Gasteiger partial charge on any atom is -0.491 e. The first-order valence-corrected chi connectivity index (χ1v) is 7.59. The summed E-state index contributed by atoms with van der Waals surface area (Å²) in [6.45, 7) is 3.35. The van der Waals surface area contributed by atoms with E-state index in [1.807, 2.05) is 0 Å². The summed E-state index contributed by atoms with van der Waals surface area (Å²) in [4.78, 5) is 0. The number of benzene rings is 1. The molecule has 0 saturated carbocycles. The van der Waals surface area contributed by atoms with Gasteiger partial charge in [-0.05, 0) is 26.0 Å². The smallest absolute Gasteiger partial charge is 0.155 e. The Morgan fingerprint density at radius 2 is 1.94 bits per heavy atom. The highest BCUT2D eigenvalue weighted by Gasteiger charge is 2.16. The largest absolute Gasteiger partial charge is 0.491 e. The van der Waals surface area contributed by atoms with Gasteiger partial charge in [-0.15, -0.1) is 0 Å². The van der Waals surface area contributed by atoms with Crippen molar-refractivity contribution < 1.29 is 13.2 Å². The van der Waals surface area contributed by atoms with Gasteiger partial charge in [-0.25, -0.2) is 8.42 Å². The van der Waals surface area contributed by atoms with Gasteiger partial charge in [-0.2, -0.15) is 0 Å². The van der Waals surface area contributed by atoms with E-state index in [-0.39, 0.29) is 12.4 Å². The summed E-state index contributed by atoms with van der Waals surface area (Å²) < 4.78 is 28.4. The van der Waals surface area contributed by atoms with Crippen LogP contribution < -0.4 is 4.74 Å². The molecule has 0 fully saturated rings. The van der Waals surface area contributed by atoms with E-state index in [4.69, 9.17) is 27.9 Å². The van der Waals surface area contributed by atoms with Gasteiger partial charge in [0, 0.05) is 11.1 Å². The van der Waals surface area contributed by atoms with Crippen molar-refractivity contribution in [1.82, 2.24) is 0 Å². The van der Waals surface area contributed by atoms with Crippen LogP contribution in [0.25, 0.3) is 0 Å². The molecule has 0 spiro atoms. The van der Waals surface area contributed by atoms with Crippen LogP contribution in [0.4, 0.5) is 0 Å². The molecule has 1 rings (SSSR count). The molecule has 6 heteroatoms.